The zero-order valence-electron chi connectivity index (χ0n) is 34.9. The fourth-order valence-corrected chi connectivity index (χ4v) is 10.0. The molecule has 8 rings (SSSR count). The minimum Gasteiger partial charge on any atom is -0.508 e. The Balaban J connectivity index is 0.000000195. The number of nitrogens with one attached hydrogen (secondary N) is 2. The highest BCUT2D eigenvalue weighted by molar-refractivity contribution is 5.95. The van der Waals surface area contributed by atoms with E-state index in [0.29, 0.717) is 30.0 Å². The minimum atomic E-state index is 0. The van der Waals surface area contributed by atoms with Crippen LogP contribution in [0.4, 0.5) is 0 Å². The maximum Gasteiger partial charge on any atom is 0.253 e. The van der Waals surface area contributed by atoms with Crippen molar-refractivity contribution < 1.29 is 19.8 Å². The SMILES string of the molecule is C.CCN(CC)C(=O)c1ccc(C2=CC3(CCNCC3)Cc3ccc(O)cc32)cc1.CCN(CC)C(=O)c1ccc(C2CC3(CCNCC3)Cc3ccc(O)cc32)cc1. The van der Waals surface area contributed by atoms with Gasteiger partial charge in [0.1, 0.15) is 11.5 Å². The Labute approximate surface area is 352 Å². The molecule has 1 unspecified atom stereocenters. The standard InChI is InChI=1S/C25H32N2O2.C25H30N2O2.CH4/c2*1-3-27(4-2)24(29)19-7-5-18(6-8-19)23-17-25(11-13-26-14-12-25)16-20-9-10-21(28)15-22(20)23;/h5-10,15,23,26,28H,3-4,11-14,16-17H2,1-2H3;5-10,15,17,26,28H,3-4,11-14,16H2,1-2H3;1H4. The first kappa shape index (κ1) is 43.7. The molecule has 4 aliphatic rings. The third kappa shape index (κ3) is 9.45. The predicted molar refractivity (Wildman–Crippen MR) is 240 cm³/mol. The van der Waals surface area contributed by atoms with Crippen LogP contribution in [0.1, 0.15) is 127 Å². The molecule has 2 heterocycles. The Morgan fingerprint density at radius 2 is 1.15 bits per heavy atom. The lowest BCUT2D eigenvalue weighted by atomic mass is 9.61. The molecule has 314 valence electrons. The number of rotatable bonds is 8. The summed E-state index contributed by atoms with van der Waals surface area (Å²) in [5.41, 5.74) is 10.5. The molecule has 4 aromatic rings. The second kappa shape index (κ2) is 19.0. The third-order valence-corrected chi connectivity index (χ3v) is 13.5. The van der Waals surface area contributed by atoms with Crippen molar-refractivity contribution in [3.05, 3.63) is 136 Å². The number of allylic oxidation sites excluding steroid dienone is 1. The molecule has 2 fully saturated rings. The first-order valence-corrected chi connectivity index (χ1v) is 21.7. The first-order chi connectivity index (χ1) is 28.1. The Morgan fingerprint density at radius 1 is 0.644 bits per heavy atom. The molecule has 0 saturated carbocycles. The molecule has 2 aliphatic carbocycles. The van der Waals surface area contributed by atoms with Crippen LogP contribution in [0.3, 0.4) is 0 Å². The average Bonchev–Trinajstić information content (AvgIpc) is 3.25. The zero-order valence-corrected chi connectivity index (χ0v) is 34.9. The molecule has 2 spiro atoms. The molecule has 2 saturated heterocycles. The summed E-state index contributed by atoms with van der Waals surface area (Å²) >= 11 is 0. The van der Waals surface area contributed by atoms with E-state index in [9.17, 15) is 19.8 Å². The molecule has 8 heteroatoms. The van der Waals surface area contributed by atoms with E-state index in [1.807, 2.05) is 80.0 Å². The van der Waals surface area contributed by atoms with Crippen LogP contribution in [0.25, 0.3) is 5.57 Å². The van der Waals surface area contributed by atoms with Gasteiger partial charge in [-0.15, -0.1) is 0 Å². The molecular weight excluding hydrogens is 733 g/mol. The number of aromatic hydroxyl groups is 2. The Morgan fingerprint density at radius 3 is 1.71 bits per heavy atom. The Hall–Kier alpha value is -4.92. The number of phenolic OH excluding ortho intramolecular Hbond substituents is 2. The van der Waals surface area contributed by atoms with Crippen molar-refractivity contribution in [2.75, 3.05) is 52.4 Å². The first-order valence-electron chi connectivity index (χ1n) is 21.7. The van der Waals surface area contributed by atoms with Crippen LogP contribution in [-0.2, 0) is 12.8 Å². The summed E-state index contributed by atoms with van der Waals surface area (Å²) < 4.78 is 0. The van der Waals surface area contributed by atoms with Gasteiger partial charge < -0.3 is 30.6 Å². The van der Waals surface area contributed by atoms with Crippen molar-refractivity contribution >= 4 is 17.4 Å². The molecular formula is C51H66N4O4. The number of phenols is 2. The van der Waals surface area contributed by atoms with Crippen molar-refractivity contribution in [1.82, 2.24) is 20.4 Å². The quantitative estimate of drug-likeness (QED) is 0.142. The number of carbonyl (C=O) groups is 2. The van der Waals surface area contributed by atoms with Crippen LogP contribution in [0.15, 0.2) is 91.0 Å². The molecule has 1 atom stereocenters. The maximum absolute atomic E-state index is 12.7. The van der Waals surface area contributed by atoms with Gasteiger partial charge in [0.15, 0.2) is 0 Å². The van der Waals surface area contributed by atoms with Crippen molar-refractivity contribution in [3.63, 3.8) is 0 Å². The largest absolute Gasteiger partial charge is 0.508 e. The molecule has 2 aliphatic heterocycles. The van der Waals surface area contributed by atoms with Crippen LogP contribution >= 0.6 is 0 Å². The van der Waals surface area contributed by atoms with Crippen LogP contribution in [0.5, 0.6) is 11.5 Å². The van der Waals surface area contributed by atoms with Gasteiger partial charge in [-0.05, 0) is 197 Å². The average molecular weight is 799 g/mol. The van der Waals surface area contributed by atoms with Gasteiger partial charge in [-0.2, -0.15) is 0 Å². The van der Waals surface area contributed by atoms with Crippen molar-refractivity contribution in [2.24, 2.45) is 10.8 Å². The van der Waals surface area contributed by atoms with E-state index < -0.39 is 0 Å². The zero-order chi connectivity index (χ0) is 40.9. The van der Waals surface area contributed by atoms with Gasteiger partial charge in [-0.25, -0.2) is 0 Å². The topological polar surface area (TPSA) is 105 Å². The Bertz CT molecular complexity index is 2090. The van der Waals surface area contributed by atoms with Crippen molar-refractivity contribution in [1.29, 1.82) is 0 Å². The van der Waals surface area contributed by atoms with E-state index in [0.717, 1.165) is 93.6 Å². The number of hydrogen-bond donors (Lipinski definition) is 4. The number of carbonyl (C=O) groups excluding carboxylic acids is 2. The number of fused-ring (bicyclic) bond motifs is 2. The highest BCUT2D eigenvalue weighted by atomic mass is 16.3. The van der Waals surface area contributed by atoms with E-state index in [2.05, 4.69) is 53.1 Å². The number of hydrogen-bond acceptors (Lipinski definition) is 6. The van der Waals surface area contributed by atoms with E-state index in [1.165, 1.54) is 40.7 Å². The summed E-state index contributed by atoms with van der Waals surface area (Å²) in [4.78, 5) is 29.0. The third-order valence-electron chi connectivity index (χ3n) is 13.5. The van der Waals surface area contributed by atoms with E-state index in [4.69, 9.17) is 0 Å². The number of benzene rings is 4. The normalized spacial score (nSPS) is 18.6. The molecule has 2 amide bonds. The predicted octanol–water partition coefficient (Wildman–Crippen LogP) is 9.19. The number of nitrogens with zero attached hydrogens (tertiary/aromatic N) is 2. The van der Waals surface area contributed by atoms with Gasteiger partial charge >= 0.3 is 0 Å². The van der Waals surface area contributed by atoms with Crippen LogP contribution < -0.4 is 10.6 Å². The Kier molecular flexibility index (Phi) is 14.0. The summed E-state index contributed by atoms with van der Waals surface area (Å²) in [6, 6.07) is 27.8. The molecule has 8 nitrogen and oxygen atoms in total. The van der Waals surface area contributed by atoms with E-state index in [1.54, 1.807) is 6.07 Å². The smallest absolute Gasteiger partial charge is 0.253 e. The molecule has 0 bridgehead atoms. The lowest BCUT2D eigenvalue weighted by Gasteiger charge is -2.45. The minimum absolute atomic E-state index is 0. The fourth-order valence-electron chi connectivity index (χ4n) is 10.0. The van der Waals surface area contributed by atoms with E-state index in [-0.39, 0.29) is 30.6 Å². The maximum atomic E-state index is 12.7. The van der Waals surface area contributed by atoms with E-state index >= 15 is 0 Å². The van der Waals surface area contributed by atoms with Crippen molar-refractivity contribution in [3.8, 4) is 11.5 Å². The summed E-state index contributed by atoms with van der Waals surface area (Å²) in [5, 5.41) is 27.2. The van der Waals surface area contributed by atoms with Gasteiger partial charge in [0.05, 0.1) is 0 Å². The summed E-state index contributed by atoms with van der Waals surface area (Å²) in [6.07, 6.45) is 10.3. The highest BCUT2D eigenvalue weighted by Crippen LogP contribution is 2.50. The highest BCUT2D eigenvalue weighted by Gasteiger charge is 2.41. The van der Waals surface area contributed by atoms with Gasteiger partial charge in [0, 0.05) is 43.2 Å². The monoisotopic (exact) mass is 799 g/mol. The second-order valence-electron chi connectivity index (χ2n) is 16.9. The lowest BCUT2D eigenvalue weighted by Crippen LogP contribution is -2.41. The molecule has 0 aromatic heterocycles. The van der Waals surface area contributed by atoms with Crippen LogP contribution in [-0.4, -0.2) is 84.2 Å². The van der Waals surface area contributed by atoms with Crippen LogP contribution in [0, 0.1) is 10.8 Å². The molecule has 59 heavy (non-hydrogen) atoms. The van der Waals surface area contributed by atoms with Gasteiger partial charge in [-0.1, -0.05) is 49.9 Å². The van der Waals surface area contributed by atoms with Gasteiger partial charge in [0.25, 0.3) is 11.8 Å². The fraction of sp³-hybridized carbons (Fsp3) is 0.451. The summed E-state index contributed by atoms with van der Waals surface area (Å²) in [6.45, 7) is 15.1. The lowest BCUT2D eigenvalue weighted by molar-refractivity contribution is 0.0765. The summed E-state index contributed by atoms with van der Waals surface area (Å²) in [5.74, 6) is 1.07. The van der Waals surface area contributed by atoms with Crippen molar-refractivity contribution in [2.45, 2.75) is 86.0 Å². The molecule has 0 radical (unpaired) electrons. The van der Waals surface area contributed by atoms with Crippen LogP contribution in [0.2, 0.25) is 0 Å². The summed E-state index contributed by atoms with van der Waals surface area (Å²) in [7, 11) is 0. The number of piperidine rings is 2. The molecule has 4 aromatic carbocycles. The van der Waals surface area contributed by atoms with Gasteiger partial charge in [0.2, 0.25) is 0 Å². The number of amides is 2. The molecule has 4 N–H and O–H groups in total. The second-order valence-corrected chi connectivity index (χ2v) is 16.9. The van der Waals surface area contributed by atoms with Gasteiger partial charge in [-0.3, -0.25) is 9.59 Å².